The number of piperidine rings is 1. The standard InChI is InChI=1S/C24H24N2O5/c27-22-19-9-5-4-8-18(19)21(23(28)29)20(26(22)17-6-2-1-3-7-17)16-25-12-10-24(11-13-25)30-14-15-31-24/h1-9H,10-16H2,(H,28,29). The molecule has 7 nitrogen and oxygen atoms in total. The minimum atomic E-state index is -1.04. The van der Waals surface area contributed by atoms with Crippen molar-refractivity contribution in [1.82, 2.24) is 9.47 Å². The molecule has 1 N–H and O–H groups in total. The van der Waals surface area contributed by atoms with Crippen LogP contribution in [-0.2, 0) is 16.0 Å². The zero-order valence-electron chi connectivity index (χ0n) is 17.1. The first-order valence-corrected chi connectivity index (χ1v) is 10.5. The number of benzene rings is 2. The highest BCUT2D eigenvalue weighted by Crippen LogP contribution is 2.32. The monoisotopic (exact) mass is 420 g/mol. The minimum Gasteiger partial charge on any atom is -0.478 e. The molecule has 2 fully saturated rings. The summed E-state index contributed by atoms with van der Waals surface area (Å²) in [5.74, 6) is -1.54. The van der Waals surface area contributed by atoms with Crippen molar-refractivity contribution in [2.24, 2.45) is 0 Å². The van der Waals surface area contributed by atoms with Crippen molar-refractivity contribution in [3.8, 4) is 5.69 Å². The zero-order chi connectivity index (χ0) is 21.4. The van der Waals surface area contributed by atoms with E-state index in [-0.39, 0.29) is 11.1 Å². The number of para-hydroxylation sites is 1. The molecule has 2 aliphatic heterocycles. The normalized spacial score (nSPS) is 18.6. The van der Waals surface area contributed by atoms with Crippen LogP contribution in [0.15, 0.2) is 59.4 Å². The second kappa shape index (κ2) is 7.92. The van der Waals surface area contributed by atoms with Gasteiger partial charge in [0, 0.05) is 48.9 Å². The summed E-state index contributed by atoms with van der Waals surface area (Å²) in [7, 11) is 0. The highest BCUT2D eigenvalue weighted by atomic mass is 16.7. The summed E-state index contributed by atoms with van der Waals surface area (Å²) in [6, 6.07) is 16.2. The molecule has 0 radical (unpaired) electrons. The van der Waals surface area contributed by atoms with Crippen LogP contribution in [0.5, 0.6) is 0 Å². The first-order valence-electron chi connectivity index (χ1n) is 10.5. The third kappa shape index (κ3) is 3.54. The molecule has 31 heavy (non-hydrogen) atoms. The number of carboxylic acid groups (broad SMARTS) is 1. The minimum absolute atomic E-state index is 0.174. The van der Waals surface area contributed by atoms with Crippen molar-refractivity contribution in [1.29, 1.82) is 0 Å². The van der Waals surface area contributed by atoms with E-state index in [4.69, 9.17) is 9.47 Å². The van der Waals surface area contributed by atoms with E-state index in [1.165, 1.54) is 0 Å². The Hall–Kier alpha value is -3.00. The number of pyridine rings is 1. The van der Waals surface area contributed by atoms with Crippen molar-refractivity contribution >= 4 is 16.7 Å². The van der Waals surface area contributed by atoms with E-state index in [0.717, 1.165) is 12.8 Å². The summed E-state index contributed by atoms with van der Waals surface area (Å²) in [5.41, 5.74) is 1.11. The quantitative estimate of drug-likeness (QED) is 0.699. The maximum Gasteiger partial charge on any atom is 0.338 e. The summed E-state index contributed by atoms with van der Waals surface area (Å²) in [4.78, 5) is 28.1. The fourth-order valence-corrected chi connectivity index (χ4v) is 4.69. The molecule has 0 amide bonds. The Morgan fingerprint density at radius 3 is 2.19 bits per heavy atom. The molecule has 0 aliphatic carbocycles. The molecule has 0 saturated carbocycles. The number of hydrogen-bond acceptors (Lipinski definition) is 5. The smallest absolute Gasteiger partial charge is 0.338 e. The average Bonchev–Trinajstić information content (AvgIpc) is 3.24. The summed E-state index contributed by atoms with van der Waals surface area (Å²) < 4.78 is 13.2. The van der Waals surface area contributed by atoms with Gasteiger partial charge in [0.2, 0.25) is 0 Å². The molecule has 0 bridgehead atoms. The predicted molar refractivity (Wildman–Crippen MR) is 116 cm³/mol. The number of likely N-dealkylation sites (tertiary alicyclic amines) is 1. The molecule has 0 atom stereocenters. The highest BCUT2D eigenvalue weighted by molar-refractivity contribution is 6.04. The van der Waals surface area contributed by atoms with Gasteiger partial charge in [0.1, 0.15) is 0 Å². The van der Waals surface area contributed by atoms with E-state index >= 15 is 0 Å². The van der Waals surface area contributed by atoms with Gasteiger partial charge in [-0.1, -0.05) is 36.4 Å². The zero-order valence-corrected chi connectivity index (χ0v) is 17.1. The highest BCUT2D eigenvalue weighted by Gasteiger charge is 2.40. The predicted octanol–water partition coefficient (Wildman–Crippen LogP) is 3.03. The third-order valence-electron chi connectivity index (χ3n) is 6.22. The Bertz CT molecular complexity index is 1170. The van der Waals surface area contributed by atoms with E-state index < -0.39 is 11.8 Å². The maximum absolute atomic E-state index is 13.5. The number of ether oxygens (including phenoxy) is 2. The average molecular weight is 420 g/mol. The number of carboxylic acids is 1. The first-order chi connectivity index (χ1) is 15.1. The molecule has 160 valence electrons. The lowest BCUT2D eigenvalue weighted by Crippen LogP contribution is -2.45. The second-order valence-electron chi connectivity index (χ2n) is 8.03. The van der Waals surface area contributed by atoms with Gasteiger partial charge in [-0.3, -0.25) is 14.3 Å². The Balaban J connectivity index is 1.63. The van der Waals surface area contributed by atoms with Crippen molar-refractivity contribution in [3.05, 3.63) is 76.2 Å². The topological polar surface area (TPSA) is 81.0 Å². The van der Waals surface area contributed by atoms with E-state index in [2.05, 4.69) is 4.90 Å². The van der Waals surface area contributed by atoms with E-state index in [1.807, 2.05) is 30.3 Å². The van der Waals surface area contributed by atoms with Crippen LogP contribution in [0.3, 0.4) is 0 Å². The fraction of sp³-hybridized carbons (Fsp3) is 0.333. The lowest BCUT2D eigenvalue weighted by molar-refractivity contribution is -0.185. The second-order valence-corrected chi connectivity index (χ2v) is 8.03. The van der Waals surface area contributed by atoms with E-state index in [1.54, 1.807) is 28.8 Å². The lowest BCUT2D eigenvalue weighted by Gasteiger charge is -2.38. The van der Waals surface area contributed by atoms with Crippen LogP contribution in [0, 0.1) is 0 Å². The molecule has 7 heteroatoms. The molecule has 2 saturated heterocycles. The van der Waals surface area contributed by atoms with Gasteiger partial charge in [-0.15, -0.1) is 0 Å². The number of carbonyl (C=O) groups is 1. The van der Waals surface area contributed by atoms with Crippen LogP contribution in [-0.4, -0.2) is 52.6 Å². The van der Waals surface area contributed by atoms with Crippen LogP contribution in [0.25, 0.3) is 16.5 Å². The van der Waals surface area contributed by atoms with Gasteiger partial charge in [-0.05, 0) is 18.2 Å². The molecule has 2 aliphatic rings. The van der Waals surface area contributed by atoms with Crippen LogP contribution in [0.4, 0.5) is 0 Å². The van der Waals surface area contributed by atoms with Crippen LogP contribution >= 0.6 is 0 Å². The summed E-state index contributed by atoms with van der Waals surface area (Å²) in [6.07, 6.45) is 1.44. The van der Waals surface area contributed by atoms with Crippen molar-refractivity contribution < 1.29 is 19.4 Å². The molecular weight excluding hydrogens is 396 g/mol. The van der Waals surface area contributed by atoms with E-state index in [9.17, 15) is 14.7 Å². The van der Waals surface area contributed by atoms with Crippen molar-refractivity contribution in [2.75, 3.05) is 26.3 Å². The van der Waals surface area contributed by atoms with Gasteiger partial charge in [-0.25, -0.2) is 4.79 Å². The van der Waals surface area contributed by atoms with Gasteiger partial charge < -0.3 is 14.6 Å². The Morgan fingerprint density at radius 2 is 1.55 bits per heavy atom. The van der Waals surface area contributed by atoms with Gasteiger partial charge in [0.15, 0.2) is 5.79 Å². The number of fused-ring (bicyclic) bond motifs is 1. The SMILES string of the molecule is O=C(O)c1c(CN2CCC3(CC2)OCCO3)n(-c2ccccc2)c(=O)c2ccccc12. The molecule has 0 unspecified atom stereocenters. The van der Waals surface area contributed by atoms with Gasteiger partial charge in [-0.2, -0.15) is 0 Å². The van der Waals surface area contributed by atoms with Crippen LogP contribution < -0.4 is 5.56 Å². The number of aromatic carboxylic acids is 1. The fourth-order valence-electron chi connectivity index (χ4n) is 4.69. The Kier molecular flexibility index (Phi) is 5.09. The lowest BCUT2D eigenvalue weighted by atomic mass is 10.00. The molecule has 5 rings (SSSR count). The summed E-state index contributed by atoms with van der Waals surface area (Å²) in [6.45, 7) is 2.99. The molecule has 2 aromatic carbocycles. The van der Waals surface area contributed by atoms with Crippen LogP contribution in [0.1, 0.15) is 28.9 Å². The van der Waals surface area contributed by atoms with Crippen molar-refractivity contribution in [3.63, 3.8) is 0 Å². The number of nitrogens with zero attached hydrogens (tertiary/aromatic N) is 2. The first kappa shape index (κ1) is 19.9. The molecular formula is C24H24N2O5. The molecule has 3 aromatic rings. The Morgan fingerprint density at radius 1 is 0.935 bits per heavy atom. The number of rotatable bonds is 4. The molecule has 1 spiro atoms. The largest absolute Gasteiger partial charge is 0.478 e. The number of aromatic nitrogens is 1. The Labute approximate surface area is 179 Å². The van der Waals surface area contributed by atoms with Crippen LogP contribution in [0.2, 0.25) is 0 Å². The summed E-state index contributed by atoms with van der Waals surface area (Å²) in [5, 5.41) is 11.0. The van der Waals surface area contributed by atoms with Gasteiger partial charge in [0.25, 0.3) is 5.56 Å². The number of hydrogen-bond donors (Lipinski definition) is 1. The maximum atomic E-state index is 13.5. The van der Waals surface area contributed by atoms with Gasteiger partial charge >= 0.3 is 5.97 Å². The summed E-state index contributed by atoms with van der Waals surface area (Å²) >= 11 is 0. The van der Waals surface area contributed by atoms with E-state index in [0.29, 0.717) is 55.0 Å². The molecule has 1 aromatic heterocycles. The van der Waals surface area contributed by atoms with Crippen molar-refractivity contribution in [2.45, 2.75) is 25.2 Å². The molecule has 3 heterocycles. The third-order valence-corrected chi connectivity index (χ3v) is 6.22. The van der Waals surface area contributed by atoms with Gasteiger partial charge in [0.05, 0.1) is 24.5 Å².